The lowest BCUT2D eigenvalue weighted by molar-refractivity contribution is -0.117. The number of amides is 2. The van der Waals surface area contributed by atoms with Crippen molar-refractivity contribution in [3.63, 3.8) is 0 Å². The van der Waals surface area contributed by atoms with Gasteiger partial charge in [0.25, 0.3) is 5.91 Å². The van der Waals surface area contributed by atoms with Crippen molar-refractivity contribution in [2.75, 3.05) is 13.6 Å². The third-order valence-corrected chi connectivity index (χ3v) is 4.80. The molecule has 9 heteroatoms. The maximum Gasteiger partial charge on any atom is 0.271 e. The highest BCUT2D eigenvalue weighted by atomic mass is 16.2. The Morgan fingerprint density at radius 1 is 1.18 bits per heavy atom. The first-order valence-corrected chi connectivity index (χ1v) is 8.99. The highest BCUT2D eigenvalue weighted by Crippen LogP contribution is 2.25. The molecular weight excluding hydrogens is 358 g/mol. The Bertz CT molecular complexity index is 1100. The number of nitrogens with two attached hydrogens (primary N) is 1. The van der Waals surface area contributed by atoms with Crippen LogP contribution in [0.15, 0.2) is 24.3 Å². The van der Waals surface area contributed by atoms with Crippen LogP contribution in [0.25, 0.3) is 17.2 Å². The molecule has 0 aliphatic carbocycles. The Labute approximate surface area is 161 Å². The molecule has 2 amide bonds. The van der Waals surface area contributed by atoms with E-state index in [9.17, 15) is 9.59 Å². The minimum Gasteiger partial charge on any atom is -0.369 e. The lowest BCUT2D eigenvalue weighted by Crippen LogP contribution is -2.37. The van der Waals surface area contributed by atoms with Gasteiger partial charge in [-0.1, -0.05) is 12.1 Å². The standard InChI is InChI=1S/C19H21N7O2/c1-11-4-5-12(2)14(8-11)26-18(21-17(23-26)10-16(20)27)13-9-15-19(28)24(3)6-7-25(15)22-13/h4-5,8-9H,6-7,10H2,1-3H3,(H2,20,27). The first kappa shape index (κ1) is 17.9. The van der Waals surface area contributed by atoms with Crippen LogP contribution in [0.1, 0.15) is 27.4 Å². The summed E-state index contributed by atoms with van der Waals surface area (Å²) in [6.45, 7) is 5.19. The van der Waals surface area contributed by atoms with Crippen molar-refractivity contribution >= 4 is 11.8 Å². The molecule has 3 heterocycles. The van der Waals surface area contributed by atoms with E-state index in [2.05, 4.69) is 15.2 Å². The molecule has 2 aromatic heterocycles. The lowest BCUT2D eigenvalue weighted by Gasteiger charge is -2.22. The molecule has 2 N–H and O–H groups in total. The molecule has 0 unspecified atom stereocenters. The van der Waals surface area contributed by atoms with Crippen molar-refractivity contribution in [1.29, 1.82) is 0 Å². The largest absolute Gasteiger partial charge is 0.369 e. The van der Waals surface area contributed by atoms with Crippen LogP contribution in [0, 0.1) is 13.8 Å². The first-order valence-electron chi connectivity index (χ1n) is 8.99. The van der Waals surface area contributed by atoms with E-state index in [-0.39, 0.29) is 12.3 Å². The van der Waals surface area contributed by atoms with Gasteiger partial charge in [0.05, 0.1) is 18.7 Å². The van der Waals surface area contributed by atoms with Crippen LogP contribution < -0.4 is 5.73 Å². The molecule has 0 saturated carbocycles. The van der Waals surface area contributed by atoms with Gasteiger partial charge in [0.2, 0.25) is 5.91 Å². The highest BCUT2D eigenvalue weighted by molar-refractivity contribution is 5.94. The van der Waals surface area contributed by atoms with Crippen LogP contribution in [-0.4, -0.2) is 54.9 Å². The number of carbonyl (C=O) groups is 2. The van der Waals surface area contributed by atoms with Crippen LogP contribution in [-0.2, 0) is 17.8 Å². The lowest BCUT2D eigenvalue weighted by atomic mass is 10.1. The Balaban J connectivity index is 1.88. The average Bonchev–Trinajstić information content (AvgIpc) is 3.24. The normalized spacial score (nSPS) is 13.7. The smallest absolute Gasteiger partial charge is 0.271 e. The van der Waals surface area contributed by atoms with Gasteiger partial charge in [-0.25, -0.2) is 9.67 Å². The molecule has 9 nitrogen and oxygen atoms in total. The molecule has 0 radical (unpaired) electrons. The monoisotopic (exact) mass is 379 g/mol. The van der Waals surface area contributed by atoms with Gasteiger partial charge < -0.3 is 10.6 Å². The number of primary amides is 1. The second kappa shape index (κ2) is 6.59. The minimum absolute atomic E-state index is 0.0693. The predicted molar refractivity (Wildman–Crippen MR) is 102 cm³/mol. The van der Waals surface area contributed by atoms with E-state index in [1.54, 1.807) is 27.4 Å². The molecule has 0 fully saturated rings. The van der Waals surface area contributed by atoms with E-state index >= 15 is 0 Å². The van der Waals surface area contributed by atoms with Gasteiger partial charge in [-0.2, -0.15) is 10.2 Å². The second-order valence-electron chi connectivity index (χ2n) is 7.06. The minimum atomic E-state index is -0.509. The Hall–Kier alpha value is -3.49. The van der Waals surface area contributed by atoms with Crippen LogP contribution in [0.3, 0.4) is 0 Å². The Kier molecular flexibility index (Phi) is 4.21. The van der Waals surface area contributed by atoms with Gasteiger partial charge >= 0.3 is 0 Å². The van der Waals surface area contributed by atoms with Gasteiger partial charge in [-0.05, 0) is 31.0 Å². The van der Waals surface area contributed by atoms with E-state index in [0.29, 0.717) is 36.1 Å². The number of rotatable bonds is 4. The number of hydrogen-bond acceptors (Lipinski definition) is 5. The summed E-state index contributed by atoms with van der Waals surface area (Å²) in [6, 6.07) is 7.73. The number of aromatic nitrogens is 5. The molecule has 28 heavy (non-hydrogen) atoms. The average molecular weight is 379 g/mol. The van der Waals surface area contributed by atoms with Crippen LogP contribution in [0.4, 0.5) is 0 Å². The van der Waals surface area contributed by atoms with Crippen LogP contribution >= 0.6 is 0 Å². The van der Waals surface area contributed by atoms with Gasteiger partial charge in [0, 0.05) is 19.7 Å². The number of fused-ring (bicyclic) bond motifs is 1. The number of carbonyl (C=O) groups excluding carboxylic acids is 2. The van der Waals surface area contributed by atoms with E-state index in [4.69, 9.17) is 5.73 Å². The summed E-state index contributed by atoms with van der Waals surface area (Å²) in [4.78, 5) is 30.0. The summed E-state index contributed by atoms with van der Waals surface area (Å²) in [5, 5.41) is 9.07. The molecule has 0 atom stereocenters. The number of nitrogens with zero attached hydrogens (tertiary/aromatic N) is 6. The molecule has 1 aliphatic heterocycles. The highest BCUT2D eigenvalue weighted by Gasteiger charge is 2.26. The van der Waals surface area contributed by atoms with Crippen molar-refractivity contribution in [3.8, 4) is 17.2 Å². The zero-order chi connectivity index (χ0) is 20.0. The summed E-state index contributed by atoms with van der Waals surface area (Å²) < 4.78 is 3.36. The van der Waals surface area contributed by atoms with Gasteiger partial charge in [0.1, 0.15) is 11.4 Å². The molecule has 0 saturated heterocycles. The summed E-state index contributed by atoms with van der Waals surface area (Å²) in [5.74, 6) is 0.200. The zero-order valence-corrected chi connectivity index (χ0v) is 16.0. The van der Waals surface area contributed by atoms with Crippen molar-refractivity contribution in [3.05, 3.63) is 46.9 Å². The summed E-state index contributed by atoms with van der Waals surface area (Å²) in [7, 11) is 1.77. The van der Waals surface area contributed by atoms with E-state index < -0.39 is 5.91 Å². The van der Waals surface area contributed by atoms with Crippen molar-refractivity contribution < 1.29 is 9.59 Å². The first-order chi connectivity index (χ1) is 13.3. The fraction of sp³-hybridized carbons (Fsp3) is 0.316. The molecular formula is C19H21N7O2. The Morgan fingerprint density at radius 2 is 1.96 bits per heavy atom. The third-order valence-electron chi connectivity index (χ3n) is 4.80. The number of likely N-dealkylation sites (N-methyl/N-ethyl adjacent to an activating group) is 1. The van der Waals surface area contributed by atoms with E-state index in [1.807, 2.05) is 32.0 Å². The van der Waals surface area contributed by atoms with Gasteiger partial charge in [0.15, 0.2) is 11.6 Å². The van der Waals surface area contributed by atoms with Gasteiger partial charge in [-0.15, -0.1) is 0 Å². The molecule has 3 aromatic rings. The fourth-order valence-corrected chi connectivity index (χ4v) is 3.28. The molecule has 1 aliphatic rings. The van der Waals surface area contributed by atoms with Gasteiger partial charge in [-0.3, -0.25) is 14.3 Å². The van der Waals surface area contributed by atoms with Crippen molar-refractivity contribution in [1.82, 2.24) is 29.4 Å². The van der Waals surface area contributed by atoms with Crippen molar-refractivity contribution in [2.45, 2.75) is 26.8 Å². The maximum absolute atomic E-state index is 12.4. The summed E-state index contributed by atoms with van der Waals surface area (Å²) >= 11 is 0. The van der Waals surface area contributed by atoms with Crippen LogP contribution in [0.5, 0.6) is 0 Å². The fourth-order valence-electron chi connectivity index (χ4n) is 3.28. The molecule has 0 bridgehead atoms. The number of benzene rings is 1. The van der Waals surface area contributed by atoms with Crippen LogP contribution in [0.2, 0.25) is 0 Å². The maximum atomic E-state index is 12.4. The molecule has 1 aromatic carbocycles. The number of aryl methyl sites for hydroxylation is 2. The second-order valence-corrected chi connectivity index (χ2v) is 7.06. The Morgan fingerprint density at radius 3 is 2.71 bits per heavy atom. The summed E-state index contributed by atoms with van der Waals surface area (Å²) in [6.07, 6.45) is -0.0693. The third kappa shape index (κ3) is 3.04. The molecule has 144 valence electrons. The van der Waals surface area contributed by atoms with E-state index in [1.165, 1.54) is 0 Å². The predicted octanol–water partition coefficient (Wildman–Crippen LogP) is 0.861. The molecule has 4 rings (SSSR count). The SMILES string of the molecule is Cc1ccc(C)c(-n2nc(CC(N)=O)nc2-c2cc3n(n2)CCN(C)C3=O)c1. The van der Waals surface area contributed by atoms with E-state index in [0.717, 1.165) is 16.8 Å². The van der Waals surface area contributed by atoms with Crippen molar-refractivity contribution in [2.24, 2.45) is 5.73 Å². The molecule has 0 spiro atoms. The topological polar surface area (TPSA) is 112 Å². The summed E-state index contributed by atoms with van der Waals surface area (Å²) in [5.41, 5.74) is 9.28. The number of hydrogen-bond donors (Lipinski definition) is 1. The quantitative estimate of drug-likeness (QED) is 0.723. The zero-order valence-electron chi connectivity index (χ0n) is 16.0.